The van der Waals surface area contributed by atoms with Crippen molar-refractivity contribution in [2.24, 2.45) is 0 Å². The number of rotatable bonds is 5. The summed E-state index contributed by atoms with van der Waals surface area (Å²) in [5, 5.41) is 18.4. The van der Waals surface area contributed by atoms with Gasteiger partial charge in [-0.25, -0.2) is 4.79 Å². The summed E-state index contributed by atoms with van der Waals surface area (Å²) >= 11 is 0. The van der Waals surface area contributed by atoms with Crippen LogP contribution in [0.5, 0.6) is 0 Å². The zero-order valence-corrected chi connectivity index (χ0v) is 10.5. The maximum Gasteiger partial charge on any atom is 0.337 e. The second-order valence-corrected chi connectivity index (χ2v) is 4.64. The Labute approximate surface area is 105 Å². The molecule has 102 valence electrons. The summed E-state index contributed by atoms with van der Waals surface area (Å²) in [5.41, 5.74) is -2.04. The van der Waals surface area contributed by atoms with Crippen molar-refractivity contribution in [3.8, 4) is 0 Å². The monoisotopic (exact) mass is 258 g/mol. The lowest BCUT2D eigenvalue weighted by Crippen LogP contribution is -2.58. The van der Waals surface area contributed by atoms with Gasteiger partial charge in [0.15, 0.2) is 5.60 Å². The van der Waals surface area contributed by atoms with E-state index in [4.69, 9.17) is 5.11 Å². The van der Waals surface area contributed by atoms with Crippen molar-refractivity contribution in [3.05, 3.63) is 0 Å². The van der Waals surface area contributed by atoms with Crippen molar-refractivity contribution < 1.29 is 24.6 Å². The summed E-state index contributed by atoms with van der Waals surface area (Å²) in [4.78, 5) is 36.7. The van der Waals surface area contributed by atoms with Crippen LogP contribution in [-0.4, -0.2) is 69.6 Å². The third-order valence-electron chi connectivity index (χ3n) is 2.81. The lowest BCUT2D eigenvalue weighted by Gasteiger charge is -2.36. The van der Waals surface area contributed by atoms with E-state index < -0.39 is 11.6 Å². The smallest absolute Gasteiger partial charge is 0.337 e. The molecule has 7 nitrogen and oxygen atoms in total. The Morgan fingerprint density at radius 3 is 2.28 bits per heavy atom. The lowest BCUT2D eigenvalue weighted by atomic mass is 10.1. The third-order valence-corrected chi connectivity index (χ3v) is 2.81. The van der Waals surface area contributed by atoms with Crippen molar-refractivity contribution in [1.29, 1.82) is 0 Å². The molecule has 0 bridgehead atoms. The molecule has 7 heteroatoms. The third kappa shape index (κ3) is 3.19. The summed E-state index contributed by atoms with van der Waals surface area (Å²) in [7, 11) is 0. The predicted molar refractivity (Wildman–Crippen MR) is 61.7 cm³/mol. The Balaban J connectivity index is 2.68. The number of carbonyl (C=O) groups excluding carboxylic acids is 2. The van der Waals surface area contributed by atoms with Crippen LogP contribution in [0.3, 0.4) is 0 Å². The first kappa shape index (κ1) is 14.4. The summed E-state index contributed by atoms with van der Waals surface area (Å²) < 4.78 is 0. The first-order valence-electron chi connectivity index (χ1n) is 5.79. The second kappa shape index (κ2) is 5.34. The molecule has 2 amide bonds. The number of amides is 2. The van der Waals surface area contributed by atoms with Gasteiger partial charge in [-0.1, -0.05) is 6.92 Å². The quantitative estimate of drug-likeness (QED) is 0.652. The molecular formula is C11H18N2O5. The van der Waals surface area contributed by atoms with Crippen molar-refractivity contribution in [1.82, 2.24) is 9.80 Å². The Hall–Kier alpha value is -1.63. The maximum atomic E-state index is 11.8. The van der Waals surface area contributed by atoms with Crippen LogP contribution in [0.4, 0.5) is 0 Å². The van der Waals surface area contributed by atoms with Gasteiger partial charge >= 0.3 is 5.97 Å². The molecule has 0 radical (unpaired) electrons. The van der Waals surface area contributed by atoms with Crippen molar-refractivity contribution in [2.45, 2.75) is 25.9 Å². The Morgan fingerprint density at radius 1 is 1.28 bits per heavy atom. The number of aliphatic hydroxyl groups is 1. The summed E-state index contributed by atoms with van der Waals surface area (Å²) in [5.74, 6) is -1.99. The highest BCUT2D eigenvalue weighted by Crippen LogP contribution is 2.12. The minimum atomic E-state index is -2.04. The standard InChI is InChI=1S/C11H18N2O5/c1-3-4-12-5-9(15)13(6-8(12)14)7-11(2,18)10(16)17/h18H,3-7H2,1-2H3,(H,16,17). The maximum absolute atomic E-state index is 11.8. The Morgan fingerprint density at radius 2 is 1.78 bits per heavy atom. The highest BCUT2D eigenvalue weighted by atomic mass is 16.4. The van der Waals surface area contributed by atoms with E-state index in [1.54, 1.807) is 0 Å². The van der Waals surface area contributed by atoms with Gasteiger partial charge in [0.2, 0.25) is 11.8 Å². The molecule has 0 aromatic rings. The van der Waals surface area contributed by atoms with Crippen LogP contribution in [0, 0.1) is 0 Å². The van der Waals surface area contributed by atoms with Crippen LogP contribution in [0.25, 0.3) is 0 Å². The predicted octanol–water partition coefficient (Wildman–Crippen LogP) is -1.10. The molecule has 18 heavy (non-hydrogen) atoms. The van der Waals surface area contributed by atoms with Crippen LogP contribution in [-0.2, 0) is 14.4 Å². The molecule has 0 spiro atoms. The van der Waals surface area contributed by atoms with E-state index in [2.05, 4.69) is 0 Å². The number of aliphatic carboxylic acids is 1. The summed E-state index contributed by atoms with van der Waals surface area (Å²) in [6, 6.07) is 0. The Bertz CT molecular complexity index is 366. The van der Waals surface area contributed by atoms with E-state index in [0.717, 1.165) is 18.2 Å². The van der Waals surface area contributed by atoms with Crippen LogP contribution in [0.1, 0.15) is 20.3 Å². The van der Waals surface area contributed by atoms with Gasteiger partial charge in [-0.05, 0) is 13.3 Å². The van der Waals surface area contributed by atoms with Crippen molar-refractivity contribution in [3.63, 3.8) is 0 Å². The van der Waals surface area contributed by atoms with Crippen LogP contribution >= 0.6 is 0 Å². The molecule has 1 saturated heterocycles. The molecule has 0 aliphatic carbocycles. The fourth-order valence-corrected chi connectivity index (χ4v) is 1.76. The van der Waals surface area contributed by atoms with E-state index in [9.17, 15) is 19.5 Å². The number of carbonyl (C=O) groups is 3. The molecule has 1 aliphatic rings. The van der Waals surface area contributed by atoms with Crippen molar-refractivity contribution >= 4 is 17.8 Å². The molecule has 1 heterocycles. The number of β-amino-alcohol motifs (C(OH)–C–C–N with tert-alkyl or cyclic N) is 1. The fraction of sp³-hybridized carbons (Fsp3) is 0.727. The number of piperazine rings is 1. The van der Waals surface area contributed by atoms with Crippen LogP contribution < -0.4 is 0 Å². The van der Waals surface area contributed by atoms with Crippen molar-refractivity contribution in [2.75, 3.05) is 26.2 Å². The van der Waals surface area contributed by atoms with E-state index in [1.807, 2.05) is 6.92 Å². The van der Waals surface area contributed by atoms with E-state index in [-0.39, 0.29) is 31.4 Å². The molecule has 1 aliphatic heterocycles. The van der Waals surface area contributed by atoms with E-state index >= 15 is 0 Å². The zero-order valence-electron chi connectivity index (χ0n) is 10.5. The van der Waals surface area contributed by atoms with Gasteiger partial charge in [-0.15, -0.1) is 0 Å². The van der Waals surface area contributed by atoms with Gasteiger partial charge in [0.05, 0.1) is 19.6 Å². The number of hydrogen-bond acceptors (Lipinski definition) is 4. The Kier molecular flexibility index (Phi) is 4.28. The van der Waals surface area contributed by atoms with E-state index in [0.29, 0.717) is 6.54 Å². The normalized spacial score (nSPS) is 19.9. The molecular weight excluding hydrogens is 240 g/mol. The largest absolute Gasteiger partial charge is 0.479 e. The van der Waals surface area contributed by atoms with Crippen LogP contribution in [0.15, 0.2) is 0 Å². The summed E-state index contributed by atoms with van der Waals surface area (Å²) in [6.45, 7) is 2.90. The summed E-state index contributed by atoms with van der Waals surface area (Å²) in [6.07, 6.45) is 0.756. The minimum absolute atomic E-state index is 0.0532. The average molecular weight is 258 g/mol. The van der Waals surface area contributed by atoms with Gasteiger partial charge < -0.3 is 20.0 Å². The lowest BCUT2D eigenvalue weighted by molar-refractivity contribution is -0.164. The van der Waals surface area contributed by atoms with Gasteiger partial charge in [0, 0.05) is 6.54 Å². The molecule has 1 rings (SSSR count). The zero-order chi connectivity index (χ0) is 13.9. The van der Waals surface area contributed by atoms with Crippen LogP contribution in [0.2, 0.25) is 0 Å². The average Bonchev–Trinajstić information content (AvgIpc) is 2.25. The van der Waals surface area contributed by atoms with Gasteiger partial charge in [-0.3, -0.25) is 9.59 Å². The molecule has 0 aromatic carbocycles. The topological polar surface area (TPSA) is 98.2 Å². The molecule has 1 fully saturated rings. The first-order chi connectivity index (χ1) is 8.27. The first-order valence-corrected chi connectivity index (χ1v) is 5.79. The molecule has 0 saturated carbocycles. The van der Waals surface area contributed by atoms with Gasteiger partial charge in [0.1, 0.15) is 0 Å². The molecule has 1 unspecified atom stereocenters. The molecule has 0 aromatic heterocycles. The van der Waals surface area contributed by atoms with Gasteiger partial charge in [-0.2, -0.15) is 0 Å². The molecule has 2 N–H and O–H groups in total. The second-order valence-electron chi connectivity index (χ2n) is 4.64. The number of nitrogens with zero attached hydrogens (tertiary/aromatic N) is 2. The highest BCUT2D eigenvalue weighted by Gasteiger charge is 2.37. The number of hydrogen-bond donors (Lipinski definition) is 2. The number of carboxylic acids is 1. The highest BCUT2D eigenvalue weighted by molar-refractivity contribution is 5.93. The molecule has 1 atom stereocenters. The SMILES string of the molecule is CCCN1CC(=O)N(CC(C)(O)C(=O)O)CC1=O. The fourth-order valence-electron chi connectivity index (χ4n) is 1.76. The van der Waals surface area contributed by atoms with Gasteiger partial charge in [0.25, 0.3) is 0 Å². The van der Waals surface area contributed by atoms with E-state index in [1.165, 1.54) is 4.90 Å². The number of carboxylic acid groups (broad SMARTS) is 1. The minimum Gasteiger partial charge on any atom is -0.479 e.